The standard InChI is InChI=1S/C13H17ClN4O2S/c14-12-3-1-11(2-4-12)5-7-17-21(19,20)13-9-16-18(10-13)8-6-15/h1-4,9-10,17H,5-8,15H2. The molecule has 2 aromatic rings. The Morgan fingerprint density at radius 1 is 1.29 bits per heavy atom. The van der Waals surface area contributed by atoms with Crippen molar-refractivity contribution in [1.82, 2.24) is 14.5 Å². The van der Waals surface area contributed by atoms with Crippen LogP contribution < -0.4 is 10.5 Å². The van der Waals surface area contributed by atoms with Gasteiger partial charge in [0.15, 0.2) is 0 Å². The molecule has 8 heteroatoms. The third kappa shape index (κ3) is 4.53. The van der Waals surface area contributed by atoms with Crippen LogP contribution in [0.5, 0.6) is 0 Å². The highest BCUT2D eigenvalue weighted by Gasteiger charge is 2.15. The van der Waals surface area contributed by atoms with Crippen molar-refractivity contribution in [2.75, 3.05) is 13.1 Å². The molecule has 0 saturated heterocycles. The maximum absolute atomic E-state index is 12.1. The fraction of sp³-hybridized carbons (Fsp3) is 0.308. The summed E-state index contributed by atoms with van der Waals surface area (Å²) in [5.74, 6) is 0. The van der Waals surface area contributed by atoms with Crippen LogP contribution in [0.3, 0.4) is 0 Å². The average Bonchev–Trinajstić information content (AvgIpc) is 2.91. The Kier molecular flexibility index (Phi) is 5.35. The summed E-state index contributed by atoms with van der Waals surface area (Å²) in [5.41, 5.74) is 6.41. The predicted octanol–water partition coefficient (Wildman–Crippen LogP) is 1.02. The first-order chi connectivity index (χ1) is 10.0. The minimum absolute atomic E-state index is 0.145. The molecule has 0 saturated carbocycles. The third-order valence-corrected chi connectivity index (χ3v) is 4.56. The van der Waals surface area contributed by atoms with Crippen molar-refractivity contribution in [3.05, 3.63) is 47.2 Å². The molecule has 1 aromatic carbocycles. The van der Waals surface area contributed by atoms with E-state index >= 15 is 0 Å². The molecule has 0 radical (unpaired) electrons. The fourth-order valence-electron chi connectivity index (χ4n) is 1.80. The van der Waals surface area contributed by atoms with Gasteiger partial charge in [0.2, 0.25) is 10.0 Å². The zero-order chi connectivity index (χ0) is 15.3. The second-order valence-electron chi connectivity index (χ2n) is 4.50. The van der Waals surface area contributed by atoms with Gasteiger partial charge in [-0.05, 0) is 24.1 Å². The molecule has 0 spiro atoms. The molecular formula is C13H17ClN4O2S. The summed E-state index contributed by atoms with van der Waals surface area (Å²) in [6.45, 7) is 1.21. The number of aromatic nitrogens is 2. The van der Waals surface area contributed by atoms with Crippen LogP contribution in [0.25, 0.3) is 0 Å². The SMILES string of the molecule is NCCn1cc(S(=O)(=O)NCCc2ccc(Cl)cc2)cn1. The second-order valence-corrected chi connectivity index (χ2v) is 6.71. The van der Waals surface area contributed by atoms with E-state index in [4.69, 9.17) is 17.3 Å². The molecule has 0 unspecified atom stereocenters. The van der Waals surface area contributed by atoms with Gasteiger partial charge in [-0.2, -0.15) is 5.10 Å². The fourth-order valence-corrected chi connectivity index (χ4v) is 2.91. The van der Waals surface area contributed by atoms with Crippen molar-refractivity contribution in [1.29, 1.82) is 0 Å². The molecular weight excluding hydrogens is 312 g/mol. The number of rotatable bonds is 7. The second kappa shape index (κ2) is 7.04. The lowest BCUT2D eigenvalue weighted by atomic mass is 10.2. The number of nitrogens with two attached hydrogens (primary N) is 1. The highest BCUT2D eigenvalue weighted by atomic mass is 35.5. The summed E-state index contributed by atoms with van der Waals surface area (Å²) in [7, 11) is -3.54. The molecule has 0 aliphatic heterocycles. The average molecular weight is 329 g/mol. The lowest BCUT2D eigenvalue weighted by Gasteiger charge is -2.05. The van der Waals surface area contributed by atoms with E-state index in [2.05, 4.69) is 9.82 Å². The van der Waals surface area contributed by atoms with E-state index in [0.29, 0.717) is 31.1 Å². The van der Waals surface area contributed by atoms with Gasteiger partial charge in [0.25, 0.3) is 0 Å². The Hall–Kier alpha value is -1.41. The molecule has 3 N–H and O–H groups in total. The highest BCUT2D eigenvalue weighted by molar-refractivity contribution is 7.89. The Morgan fingerprint density at radius 2 is 2.00 bits per heavy atom. The molecule has 1 aromatic heterocycles. The summed E-state index contributed by atoms with van der Waals surface area (Å²) in [4.78, 5) is 0.145. The van der Waals surface area contributed by atoms with Crippen molar-refractivity contribution >= 4 is 21.6 Å². The highest BCUT2D eigenvalue weighted by Crippen LogP contribution is 2.10. The Labute approximate surface area is 129 Å². The lowest BCUT2D eigenvalue weighted by molar-refractivity contribution is 0.580. The number of sulfonamides is 1. The van der Waals surface area contributed by atoms with E-state index in [1.54, 1.807) is 12.1 Å². The molecule has 114 valence electrons. The maximum Gasteiger partial charge on any atom is 0.243 e. The maximum atomic E-state index is 12.1. The summed E-state index contributed by atoms with van der Waals surface area (Å²) in [5, 5.41) is 4.61. The van der Waals surface area contributed by atoms with Crippen LogP contribution in [0.1, 0.15) is 5.56 Å². The van der Waals surface area contributed by atoms with Crippen LogP contribution in [0.4, 0.5) is 0 Å². The van der Waals surface area contributed by atoms with E-state index in [-0.39, 0.29) is 4.90 Å². The van der Waals surface area contributed by atoms with Crippen LogP contribution in [-0.4, -0.2) is 31.3 Å². The first-order valence-corrected chi connectivity index (χ1v) is 8.34. The number of halogens is 1. The van der Waals surface area contributed by atoms with Gasteiger partial charge in [-0.15, -0.1) is 0 Å². The zero-order valence-corrected chi connectivity index (χ0v) is 12.9. The van der Waals surface area contributed by atoms with Crippen LogP contribution in [0.15, 0.2) is 41.6 Å². The van der Waals surface area contributed by atoms with Crippen LogP contribution in [-0.2, 0) is 23.0 Å². The van der Waals surface area contributed by atoms with Gasteiger partial charge in [0.05, 0.1) is 12.7 Å². The Bertz CT molecular complexity index is 682. The molecule has 2 rings (SSSR count). The molecule has 21 heavy (non-hydrogen) atoms. The summed E-state index contributed by atoms with van der Waals surface area (Å²) < 4.78 is 28.2. The first kappa shape index (κ1) is 16.0. The van der Waals surface area contributed by atoms with Crippen molar-refractivity contribution in [2.24, 2.45) is 5.73 Å². The predicted molar refractivity (Wildman–Crippen MR) is 81.6 cm³/mol. The molecule has 0 fully saturated rings. The molecule has 6 nitrogen and oxygen atoms in total. The number of benzene rings is 1. The monoisotopic (exact) mass is 328 g/mol. The van der Waals surface area contributed by atoms with E-state index in [9.17, 15) is 8.42 Å². The van der Waals surface area contributed by atoms with E-state index in [1.807, 2.05) is 12.1 Å². The molecule has 0 amide bonds. The lowest BCUT2D eigenvalue weighted by Crippen LogP contribution is -2.25. The molecule has 0 aliphatic carbocycles. The van der Waals surface area contributed by atoms with E-state index in [1.165, 1.54) is 17.1 Å². The Balaban J connectivity index is 1.92. The topological polar surface area (TPSA) is 90.0 Å². The quantitative estimate of drug-likeness (QED) is 0.794. The summed E-state index contributed by atoms with van der Waals surface area (Å²) in [6.07, 6.45) is 3.38. The number of hydrogen-bond acceptors (Lipinski definition) is 4. The van der Waals surface area contributed by atoms with E-state index < -0.39 is 10.0 Å². The number of hydrogen-bond donors (Lipinski definition) is 2. The van der Waals surface area contributed by atoms with Crippen molar-refractivity contribution < 1.29 is 8.42 Å². The van der Waals surface area contributed by atoms with Gasteiger partial charge < -0.3 is 5.73 Å². The Morgan fingerprint density at radius 3 is 2.67 bits per heavy atom. The van der Waals surface area contributed by atoms with Crippen LogP contribution in [0.2, 0.25) is 5.02 Å². The first-order valence-electron chi connectivity index (χ1n) is 6.48. The molecule has 0 bridgehead atoms. The van der Waals surface area contributed by atoms with Gasteiger partial charge >= 0.3 is 0 Å². The van der Waals surface area contributed by atoms with Crippen molar-refractivity contribution in [3.8, 4) is 0 Å². The summed E-state index contributed by atoms with van der Waals surface area (Å²) >= 11 is 5.80. The summed E-state index contributed by atoms with van der Waals surface area (Å²) in [6, 6.07) is 7.30. The van der Waals surface area contributed by atoms with Gasteiger partial charge in [-0.1, -0.05) is 23.7 Å². The molecule has 0 aliphatic rings. The van der Waals surface area contributed by atoms with Gasteiger partial charge in [-0.25, -0.2) is 13.1 Å². The van der Waals surface area contributed by atoms with Gasteiger partial charge in [-0.3, -0.25) is 4.68 Å². The van der Waals surface area contributed by atoms with Crippen LogP contribution >= 0.6 is 11.6 Å². The van der Waals surface area contributed by atoms with Crippen molar-refractivity contribution in [3.63, 3.8) is 0 Å². The number of nitrogens with one attached hydrogen (secondary N) is 1. The largest absolute Gasteiger partial charge is 0.329 e. The van der Waals surface area contributed by atoms with E-state index in [0.717, 1.165) is 5.56 Å². The zero-order valence-electron chi connectivity index (χ0n) is 11.4. The molecule has 1 heterocycles. The van der Waals surface area contributed by atoms with Crippen LogP contribution in [0, 0.1) is 0 Å². The minimum atomic E-state index is -3.54. The number of nitrogens with zero attached hydrogens (tertiary/aromatic N) is 2. The third-order valence-electron chi connectivity index (χ3n) is 2.90. The van der Waals surface area contributed by atoms with Crippen molar-refractivity contribution in [2.45, 2.75) is 17.9 Å². The smallest absolute Gasteiger partial charge is 0.243 e. The normalized spacial score (nSPS) is 11.7. The van der Waals surface area contributed by atoms with Gasteiger partial charge in [0, 0.05) is 24.3 Å². The molecule has 0 atom stereocenters. The minimum Gasteiger partial charge on any atom is -0.329 e. The van der Waals surface area contributed by atoms with Gasteiger partial charge in [0.1, 0.15) is 4.90 Å².